The molecule has 0 atom stereocenters. The van der Waals surface area contributed by atoms with Crippen molar-refractivity contribution < 1.29 is 9.47 Å². The van der Waals surface area contributed by atoms with E-state index >= 15 is 0 Å². The van der Waals surface area contributed by atoms with Gasteiger partial charge in [-0.15, -0.1) is 0 Å². The number of hydrogen-bond donors (Lipinski definition) is 0. The topological polar surface area (TPSA) is 18.5 Å². The summed E-state index contributed by atoms with van der Waals surface area (Å²) in [5, 5.41) is 0. The molecule has 0 saturated heterocycles. The van der Waals surface area contributed by atoms with Crippen LogP contribution in [0.3, 0.4) is 0 Å². The lowest BCUT2D eigenvalue weighted by Crippen LogP contribution is -1.91. The zero-order valence-corrected chi connectivity index (χ0v) is 10.5. The molecule has 0 saturated carbocycles. The Morgan fingerprint density at radius 2 is 1.67 bits per heavy atom. The number of ether oxygens (including phenoxy) is 2. The molecule has 2 nitrogen and oxygen atoms in total. The van der Waals surface area contributed by atoms with Crippen molar-refractivity contribution in [3.05, 3.63) is 20.2 Å². The molecule has 1 rings (SSSR count). The fraction of sp³-hybridized carbons (Fsp3) is 0.250. The van der Waals surface area contributed by atoms with Gasteiger partial charge in [-0.3, -0.25) is 0 Å². The Morgan fingerprint density at radius 1 is 1.17 bits per heavy atom. The first-order valence-electron chi connectivity index (χ1n) is 3.26. The van der Waals surface area contributed by atoms with Crippen LogP contribution < -0.4 is 9.47 Å². The zero-order valence-electron chi connectivity index (χ0n) is 6.73. The van der Waals surface area contributed by atoms with Crippen molar-refractivity contribution in [2.45, 2.75) is 0 Å². The van der Waals surface area contributed by atoms with Crippen LogP contribution in [0, 0.1) is 3.57 Å². The van der Waals surface area contributed by atoms with E-state index in [0.29, 0.717) is 0 Å². The molecule has 0 aliphatic rings. The maximum Gasteiger partial charge on any atom is 0.134 e. The van der Waals surface area contributed by atoms with Crippen LogP contribution in [-0.4, -0.2) is 14.2 Å². The van der Waals surface area contributed by atoms with Crippen LogP contribution in [0.25, 0.3) is 0 Å². The van der Waals surface area contributed by atoms with Crippen molar-refractivity contribution in [1.29, 1.82) is 0 Å². The molecular formula is C8H8BrIO2. The first kappa shape index (κ1) is 10.1. The van der Waals surface area contributed by atoms with E-state index in [1.54, 1.807) is 14.2 Å². The Labute approximate surface area is 93.5 Å². The van der Waals surface area contributed by atoms with Crippen molar-refractivity contribution >= 4 is 38.5 Å². The summed E-state index contributed by atoms with van der Waals surface area (Å²) in [7, 11) is 3.29. The molecule has 66 valence electrons. The minimum atomic E-state index is 0.820. The maximum absolute atomic E-state index is 5.13. The van der Waals surface area contributed by atoms with Crippen molar-refractivity contribution in [1.82, 2.24) is 0 Å². The normalized spacial score (nSPS) is 9.67. The van der Waals surface area contributed by atoms with E-state index in [1.807, 2.05) is 12.1 Å². The molecule has 0 aliphatic carbocycles. The van der Waals surface area contributed by atoms with Gasteiger partial charge in [0.15, 0.2) is 0 Å². The SMILES string of the molecule is COc1ccc(OC)c(I)c1Br. The van der Waals surface area contributed by atoms with Gasteiger partial charge in [-0.05, 0) is 50.7 Å². The molecule has 4 heteroatoms. The highest BCUT2D eigenvalue weighted by Crippen LogP contribution is 2.35. The first-order chi connectivity index (χ1) is 5.70. The van der Waals surface area contributed by atoms with Gasteiger partial charge in [0, 0.05) is 0 Å². The lowest BCUT2D eigenvalue weighted by Gasteiger charge is -2.08. The fourth-order valence-corrected chi connectivity index (χ4v) is 1.98. The van der Waals surface area contributed by atoms with Crippen molar-refractivity contribution in [3.63, 3.8) is 0 Å². The molecule has 0 fully saturated rings. The van der Waals surface area contributed by atoms with E-state index in [0.717, 1.165) is 19.5 Å². The summed E-state index contributed by atoms with van der Waals surface area (Å²) in [6.45, 7) is 0. The first-order valence-corrected chi connectivity index (χ1v) is 5.14. The number of methoxy groups -OCH3 is 2. The zero-order chi connectivity index (χ0) is 9.14. The molecule has 0 spiro atoms. The van der Waals surface area contributed by atoms with Crippen molar-refractivity contribution in [3.8, 4) is 11.5 Å². The van der Waals surface area contributed by atoms with Crippen LogP contribution in [0.4, 0.5) is 0 Å². The molecule has 1 aromatic carbocycles. The largest absolute Gasteiger partial charge is 0.496 e. The minimum Gasteiger partial charge on any atom is -0.496 e. The highest BCUT2D eigenvalue weighted by atomic mass is 127. The van der Waals surface area contributed by atoms with Crippen molar-refractivity contribution in [2.75, 3.05) is 14.2 Å². The summed E-state index contributed by atoms with van der Waals surface area (Å²) in [4.78, 5) is 0. The van der Waals surface area contributed by atoms with Crippen LogP contribution in [0.1, 0.15) is 0 Å². The fourth-order valence-electron chi connectivity index (χ4n) is 0.829. The molecule has 0 N–H and O–H groups in total. The van der Waals surface area contributed by atoms with Gasteiger partial charge in [-0.2, -0.15) is 0 Å². The standard InChI is InChI=1S/C8H8BrIO2/c1-11-5-3-4-6(12-2)8(10)7(5)9/h3-4H,1-2H3. The highest BCUT2D eigenvalue weighted by Gasteiger charge is 2.08. The molecule has 0 heterocycles. The van der Waals surface area contributed by atoms with E-state index in [1.165, 1.54) is 0 Å². The van der Waals surface area contributed by atoms with E-state index in [4.69, 9.17) is 9.47 Å². The van der Waals surface area contributed by atoms with Gasteiger partial charge < -0.3 is 9.47 Å². The molecule has 12 heavy (non-hydrogen) atoms. The minimum absolute atomic E-state index is 0.820. The second-order valence-corrected chi connectivity index (χ2v) is 3.97. The van der Waals surface area contributed by atoms with Gasteiger partial charge in [-0.25, -0.2) is 0 Å². The molecule has 0 aromatic heterocycles. The van der Waals surface area contributed by atoms with Crippen LogP contribution >= 0.6 is 38.5 Å². The summed E-state index contributed by atoms with van der Waals surface area (Å²) in [5.41, 5.74) is 0. The Morgan fingerprint density at radius 3 is 2.17 bits per heavy atom. The molecule has 0 aliphatic heterocycles. The molecule has 0 amide bonds. The average molecular weight is 343 g/mol. The monoisotopic (exact) mass is 342 g/mol. The third-order valence-electron chi connectivity index (χ3n) is 1.45. The number of rotatable bonds is 2. The maximum atomic E-state index is 5.13. The summed E-state index contributed by atoms with van der Waals surface area (Å²) < 4.78 is 12.2. The quantitative estimate of drug-likeness (QED) is 0.769. The molecule has 1 aromatic rings. The Bertz CT molecular complexity index is 260. The molecular weight excluding hydrogens is 335 g/mol. The van der Waals surface area contributed by atoms with E-state index < -0.39 is 0 Å². The number of benzene rings is 1. The van der Waals surface area contributed by atoms with Gasteiger partial charge in [-0.1, -0.05) is 0 Å². The van der Waals surface area contributed by atoms with Crippen LogP contribution in [0.2, 0.25) is 0 Å². The predicted molar refractivity (Wildman–Crippen MR) is 60.0 cm³/mol. The second kappa shape index (κ2) is 4.32. The van der Waals surface area contributed by atoms with Gasteiger partial charge in [0.1, 0.15) is 11.5 Å². The lowest BCUT2D eigenvalue weighted by molar-refractivity contribution is 0.398. The van der Waals surface area contributed by atoms with Gasteiger partial charge >= 0.3 is 0 Å². The van der Waals surface area contributed by atoms with Crippen molar-refractivity contribution in [2.24, 2.45) is 0 Å². The molecule has 0 unspecified atom stereocenters. The second-order valence-electron chi connectivity index (χ2n) is 2.10. The smallest absolute Gasteiger partial charge is 0.134 e. The molecule has 0 bridgehead atoms. The lowest BCUT2D eigenvalue weighted by atomic mass is 10.3. The Hall–Kier alpha value is 0.0300. The Kier molecular flexibility index (Phi) is 3.64. The van der Waals surface area contributed by atoms with Gasteiger partial charge in [0.2, 0.25) is 0 Å². The summed E-state index contributed by atoms with van der Waals surface area (Å²) in [5.74, 6) is 1.67. The van der Waals surface area contributed by atoms with Gasteiger partial charge in [0.25, 0.3) is 0 Å². The van der Waals surface area contributed by atoms with E-state index in [9.17, 15) is 0 Å². The summed E-state index contributed by atoms with van der Waals surface area (Å²) >= 11 is 5.62. The average Bonchev–Trinajstić information content (AvgIpc) is 2.10. The summed E-state index contributed by atoms with van der Waals surface area (Å²) in [6, 6.07) is 3.75. The third kappa shape index (κ3) is 1.85. The number of hydrogen-bond acceptors (Lipinski definition) is 2. The van der Waals surface area contributed by atoms with Crippen LogP contribution in [-0.2, 0) is 0 Å². The Balaban J connectivity index is 3.20. The van der Waals surface area contributed by atoms with Crippen LogP contribution in [0.5, 0.6) is 11.5 Å². The number of halogens is 2. The van der Waals surface area contributed by atoms with Crippen LogP contribution in [0.15, 0.2) is 16.6 Å². The predicted octanol–water partition coefficient (Wildman–Crippen LogP) is 3.07. The molecule has 0 radical (unpaired) electrons. The highest BCUT2D eigenvalue weighted by molar-refractivity contribution is 14.1. The third-order valence-corrected chi connectivity index (χ3v) is 4.05. The van der Waals surface area contributed by atoms with Gasteiger partial charge in [0.05, 0.1) is 22.3 Å². The van der Waals surface area contributed by atoms with E-state index in [-0.39, 0.29) is 0 Å². The van der Waals surface area contributed by atoms with E-state index in [2.05, 4.69) is 38.5 Å². The summed E-state index contributed by atoms with van der Waals surface area (Å²) in [6.07, 6.45) is 0.